The SMILES string of the molecule is N#Cc1c(NC(=O)CCN2CCN(S(=O)(=O)c3ccccc3F)CC2)sc2c1CCC2. The number of carbonyl (C=O) groups is 1. The van der Waals surface area contributed by atoms with E-state index in [9.17, 15) is 22.9 Å². The predicted molar refractivity (Wildman–Crippen MR) is 116 cm³/mol. The lowest BCUT2D eigenvalue weighted by molar-refractivity contribution is -0.116. The van der Waals surface area contributed by atoms with Crippen LogP contribution in [0.2, 0.25) is 0 Å². The molecule has 2 heterocycles. The fourth-order valence-electron chi connectivity index (χ4n) is 4.05. The monoisotopic (exact) mass is 462 g/mol. The van der Waals surface area contributed by atoms with Gasteiger partial charge in [-0.05, 0) is 37.0 Å². The molecular weight excluding hydrogens is 439 g/mol. The average molecular weight is 463 g/mol. The van der Waals surface area contributed by atoms with Crippen LogP contribution in [0, 0.1) is 17.1 Å². The van der Waals surface area contributed by atoms with E-state index in [1.165, 1.54) is 38.7 Å². The molecule has 1 aliphatic carbocycles. The molecule has 1 amide bonds. The van der Waals surface area contributed by atoms with Crippen LogP contribution in [0.1, 0.15) is 28.8 Å². The molecule has 31 heavy (non-hydrogen) atoms. The van der Waals surface area contributed by atoms with E-state index in [0.717, 1.165) is 30.9 Å². The molecular formula is C21H23FN4O3S2. The van der Waals surface area contributed by atoms with Gasteiger partial charge < -0.3 is 10.2 Å². The van der Waals surface area contributed by atoms with Gasteiger partial charge in [-0.3, -0.25) is 4.79 Å². The third-order valence-corrected chi connectivity index (χ3v) is 8.87. The van der Waals surface area contributed by atoms with Crippen molar-refractivity contribution in [3.05, 3.63) is 46.1 Å². The molecule has 1 aromatic carbocycles. The summed E-state index contributed by atoms with van der Waals surface area (Å²) in [5, 5.41) is 12.9. The normalized spacial score (nSPS) is 17.3. The van der Waals surface area contributed by atoms with Crippen molar-refractivity contribution in [3.8, 4) is 6.07 Å². The van der Waals surface area contributed by atoms with Crippen molar-refractivity contribution < 1.29 is 17.6 Å². The molecule has 0 bridgehead atoms. The van der Waals surface area contributed by atoms with Crippen LogP contribution in [-0.2, 0) is 27.7 Å². The summed E-state index contributed by atoms with van der Waals surface area (Å²) in [4.78, 5) is 15.3. The lowest BCUT2D eigenvalue weighted by Gasteiger charge is -2.33. The van der Waals surface area contributed by atoms with Crippen LogP contribution in [0.25, 0.3) is 0 Å². The Bertz CT molecular complexity index is 1130. The third-order valence-electron chi connectivity index (χ3n) is 5.73. The summed E-state index contributed by atoms with van der Waals surface area (Å²) in [5.74, 6) is -0.907. The van der Waals surface area contributed by atoms with Gasteiger partial charge in [0, 0.05) is 44.0 Å². The van der Waals surface area contributed by atoms with Crippen molar-refractivity contribution in [1.29, 1.82) is 5.26 Å². The number of aryl methyl sites for hydroxylation is 1. The van der Waals surface area contributed by atoms with Crippen LogP contribution in [0.3, 0.4) is 0 Å². The molecule has 2 aliphatic rings. The molecule has 7 nitrogen and oxygen atoms in total. The van der Waals surface area contributed by atoms with Crippen LogP contribution in [0.5, 0.6) is 0 Å². The highest BCUT2D eigenvalue weighted by atomic mass is 32.2. The second-order valence-corrected chi connectivity index (χ2v) is 10.7. The first-order chi connectivity index (χ1) is 14.9. The summed E-state index contributed by atoms with van der Waals surface area (Å²) >= 11 is 1.49. The highest BCUT2D eigenvalue weighted by molar-refractivity contribution is 7.89. The minimum Gasteiger partial charge on any atom is -0.317 e. The first-order valence-electron chi connectivity index (χ1n) is 10.2. The molecule has 1 saturated heterocycles. The van der Waals surface area contributed by atoms with Crippen LogP contribution in [0.15, 0.2) is 29.2 Å². The third kappa shape index (κ3) is 4.50. The molecule has 0 saturated carbocycles. The zero-order valence-electron chi connectivity index (χ0n) is 16.9. The number of nitriles is 1. The summed E-state index contributed by atoms with van der Waals surface area (Å²) in [6.45, 7) is 1.92. The molecule has 2 aromatic rings. The summed E-state index contributed by atoms with van der Waals surface area (Å²) in [6, 6.07) is 7.60. The lowest BCUT2D eigenvalue weighted by Crippen LogP contribution is -2.49. The van der Waals surface area contributed by atoms with Gasteiger partial charge in [0.15, 0.2) is 0 Å². The van der Waals surface area contributed by atoms with Gasteiger partial charge in [-0.1, -0.05) is 12.1 Å². The van der Waals surface area contributed by atoms with Gasteiger partial charge in [0.05, 0.1) is 5.56 Å². The topological polar surface area (TPSA) is 93.5 Å². The number of fused-ring (bicyclic) bond motifs is 1. The molecule has 1 fully saturated rings. The van der Waals surface area contributed by atoms with Crippen molar-refractivity contribution >= 4 is 32.3 Å². The Morgan fingerprint density at radius 1 is 1.19 bits per heavy atom. The lowest BCUT2D eigenvalue weighted by atomic mass is 10.1. The zero-order valence-corrected chi connectivity index (χ0v) is 18.6. The Kier molecular flexibility index (Phi) is 6.39. The molecule has 1 aromatic heterocycles. The standard InChI is InChI=1S/C21H23FN4O3S2/c22-17-5-1-2-7-19(17)31(28,29)26-12-10-25(11-13-26)9-8-20(27)24-21-16(14-23)15-4-3-6-18(15)30-21/h1-2,5,7H,3-4,6,8-13H2,(H,24,27). The minimum atomic E-state index is -3.87. The van der Waals surface area contributed by atoms with Crippen LogP contribution in [0.4, 0.5) is 9.39 Å². The fourth-order valence-corrected chi connectivity index (χ4v) is 6.79. The number of sulfonamides is 1. The Morgan fingerprint density at radius 2 is 1.94 bits per heavy atom. The average Bonchev–Trinajstić information content (AvgIpc) is 3.33. The van der Waals surface area contributed by atoms with Crippen molar-refractivity contribution in [3.63, 3.8) is 0 Å². The zero-order chi connectivity index (χ0) is 22.0. The number of amides is 1. The number of hydrogen-bond acceptors (Lipinski definition) is 6. The number of nitrogens with zero attached hydrogens (tertiary/aromatic N) is 3. The molecule has 1 aliphatic heterocycles. The van der Waals surface area contributed by atoms with Crippen molar-refractivity contribution in [1.82, 2.24) is 9.21 Å². The van der Waals surface area contributed by atoms with E-state index in [4.69, 9.17) is 0 Å². The molecule has 0 unspecified atom stereocenters. The summed E-state index contributed by atoms with van der Waals surface area (Å²) in [5.41, 5.74) is 1.67. The van der Waals surface area contributed by atoms with Gasteiger partial charge in [0.1, 0.15) is 21.8 Å². The quantitative estimate of drug-likeness (QED) is 0.712. The first-order valence-corrected chi connectivity index (χ1v) is 12.5. The second-order valence-electron chi connectivity index (χ2n) is 7.65. The van der Waals surface area contributed by atoms with Gasteiger partial charge >= 0.3 is 0 Å². The Balaban J connectivity index is 1.29. The van der Waals surface area contributed by atoms with E-state index >= 15 is 0 Å². The number of carbonyl (C=O) groups excluding carboxylic acids is 1. The summed E-state index contributed by atoms with van der Waals surface area (Å²) in [6.07, 6.45) is 3.17. The van der Waals surface area contributed by atoms with E-state index in [1.54, 1.807) is 0 Å². The predicted octanol–water partition coefficient (Wildman–Crippen LogP) is 2.58. The summed E-state index contributed by atoms with van der Waals surface area (Å²) < 4.78 is 40.6. The van der Waals surface area contributed by atoms with Crippen LogP contribution < -0.4 is 5.32 Å². The number of rotatable bonds is 6. The van der Waals surface area contributed by atoms with Crippen LogP contribution >= 0.6 is 11.3 Å². The Morgan fingerprint density at radius 3 is 2.65 bits per heavy atom. The van der Waals surface area contributed by atoms with E-state index in [2.05, 4.69) is 11.4 Å². The van der Waals surface area contributed by atoms with E-state index < -0.39 is 15.8 Å². The maximum Gasteiger partial charge on any atom is 0.246 e. The van der Waals surface area contributed by atoms with Gasteiger partial charge in [-0.25, -0.2) is 12.8 Å². The van der Waals surface area contributed by atoms with E-state index in [1.807, 2.05) is 4.90 Å². The minimum absolute atomic E-state index is 0.155. The fraction of sp³-hybridized carbons (Fsp3) is 0.429. The molecule has 10 heteroatoms. The first kappa shape index (κ1) is 21.9. The van der Waals surface area contributed by atoms with Crippen molar-refractivity contribution in [2.45, 2.75) is 30.6 Å². The number of thiophene rings is 1. The Hall–Kier alpha value is -2.32. The number of nitrogens with one attached hydrogen (secondary N) is 1. The molecule has 0 radical (unpaired) electrons. The number of anilines is 1. The molecule has 0 spiro atoms. The molecule has 164 valence electrons. The summed E-state index contributed by atoms with van der Waals surface area (Å²) in [7, 11) is -3.87. The van der Waals surface area contributed by atoms with Crippen molar-refractivity contribution in [2.75, 3.05) is 38.0 Å². The molecule has 1 N–H and O–H groups in total. The molecule has 4 rings (SSSR count). The van der Waals surface area contributed by atoms with Crippen molar-refractivity contribution in [2.24, 2.45) is 0 Å². The van der Waals surface area contributed by atoms with Gasteiger partial charge in [0.25, 0.3) is 0 Å². The number of piperazine rings is 1. The maximum absolute atomic E-state index is 13.9. The Labute approximate surface area is 185 Å². The number of benzene rings is 1. The smallest absolute Gasteiger partial charge is 0.246 e. The number of halogens is 1. The van der Waals surface area contributed by atoms with Gasteiger partial charge in [-0.15, -0.1) is 11.3 Å². The molecule has 0 atom stereocenters. The van der Waals surface area contributed by atoms with Crippen LogP contribution in [-0.4, -0.2) is 56.3 Å². The second kappa shape index (κ2) is 9.04. The highest BCUT2D eigenvalue weighted by Gasteiger charge is 2.30. The largest absolute Gasteiger partial charge is 0.317 e. The highest BCUT2D eigenvalue weighted by Crippen LogP contribution is 2.38. The van der Waals surface area contributed by atoms with Gasteiger partial charge in [-0.2, -0.15) is 9.57 Å². The van der Waals surface area contributed by atoms with E-state index in [-0.39, 0.29) is 30.3 Å². The van der Waals surface area contributed by atoms with Gasteiger partial charge in [0.2, 0.25) is 15.9 Å². The van der Waals surface area contributed by atoms with E-state index in [0.29, 0.717) is 30.2 Å². The maximum atomic E-state index is 13.9. The number of hydrogen-bond donors (Lipinski definition) is 1.